The minimum atomic E-state index is -0.228. The Morgan fingerprint density at radius 3 is 2.91 bits per heavy atom. The molecule has 0 aromatic carbocycles. The maximum Gasteiger partial charge on any atom is 0.264 e. The largest absolute Gasteiger partial charge is 0.334 e. The smallest absolute Gasteiger partial charge is 0.264 e. The number of nitrogens with zero attached hydrogens (tertiary/aromatic N) is 6. The number of thiophene rings is 1. The van der Waals surface area contributed by atoms with Gasteiger partial charge in [0.2, 0.25) is 11.1 Å². The molecule has 0 aliphatic heterocycles. The molecule has 0 saturated carbocycles. The Morgan fingerprint density at radius 1 is 1.34 bits per heavy atom. The summed E-state index contributed by atoms with van der Waals surface area (Å²) < 4.78 is 1.24. The number of rotatable bonds is 7. The van der Waals surface area contributed by atoms with Crippen LogP contribution >= 0.6 is 23.1 Å². The average molecular weight is 468 g/mol. The number of hydrogen-bond acceptors (Lipinski definition) is 10. The molecule has 0 radical (unpaired) electrons. The summed E-state index contributed by atoms with van der Waals surface area (Å²) in [6.07, 6.45) is 7.44. The molecular formula is C20H21N9OS2. The Bertz CT molecular complexity index is 1190. The van der Waals surface area contributed by atoms with Gasteiger partial charge in [-0.1, -0.05) is 11.8 Å². The van der Waals surface area contributed by atoms with Gasteiger partial charge in [0.25, 0.3) is 5.95 Å². The van der Waals surface area contributed by atoms with E-state index in [0.717, 1.165) is 54.3 Å². The molecule has 1 aliphatic carbocycles. The minimum absolute atomic E-state index is 0.0854. The number of hydrazone groups is 1. The minimum Gasteiger partial charge on any atom is -0.334 e. The van der Waals surface area contributed by atoms with Crippen molar-refractivity contribution in [3.63, 3.8) is 0 Å². The van der Waals surface area contributed by atoms with Crippen molar-refractivity contribution in [3.8, 4) is 6.07 Å². The molecule has 0 fully saturated rings. The zero-order valence-corrected chi connectivity index (χ0v) is 19.0. The second-order valence-corrected chi connectivity index (χ2v) is 9.13. The highest BCUT2D eigenvalue weighted by molar-refractivity contribution is 7.99. The molecule has 0 spiro atoms. The van der Waals surface area contributed by atoms with E-state index in [9.17, 15) is 10.1 Å². The number of nitriles is 1. The van der Waals surface area contributed by atoms with E-state index in [1.54, 1.807) is 12.4 Å². The summed E-state index contributed by atoms with van der Waals surface area (Å²) in [6.45, 7) is 1.84. The number of amides is 1. The van der Waals surface area contributed by atoms with Crippen molar-refractivity contribution in [2.75, 3.05) is 22.3 Å². The first kappa shape index (κ1) is 21.8. The topological polar surface area (TPSA) is 147 Å². The van der Waals surface area contributed by atoms with Crippen molar-refractivity contribution in [1.82, 2.24) is 19.9 Å². The van der Waals surface area contributed by atoms with E-state index < -0.39 is 0 Å². The third-order valence-electron chi connectivity index (χ3n) is 4.95. The number of nitrogens with two attached hydrogens (primary N) is 1. The van der Waals surface area contributed by atoms with Crippen LogP contribution in [0.25, 0.3) is 0 Å². The quantitative estimate of drug-likeness (QED) is 0.208. The highest BCUT2D eigenvalue weighted by Gasteiger charge is 2.22. The molecule has 1 aliphatic rings. The molecular weight excluding hydrogens is 446 g/mol. The van der Waals surface area contributed by atoms with E-state index >= 15 is 0 Å². The van der Waals surface area contributed by atoms with Crippen LogP contribution < -0.4 is 16.6 Å². The molecule has 0 atom stereocenters. The molecule has 32 heavy (non-hydrogen) atoms. The van der Waals surface area contributed by atoms with Crippen LogP contribution in [0.1, 0.15) is 41.3 Å². The van der Waals surface area contributed by atoms with Gasteiger partial charge >= 0.3 is 0 Å². The normalized spacial score (nSPS) is 13.3. The Morgan fingerprint density at radius 2 is 2.12 bits per heavy atom. The van der Waals surface area contributed by atoms with Crippen molar-refractivity contribution in [3.05, 3.63) is 46.1 Å². The number of nitrogens with one attached hydrogen (secondary N) is 2. The Labute approximate surface area is 192 Å². The summed E-state index contributed by atoms with van der Waals surface area (Å²) in [4.78, 5) is 17.7. The number of anilines is 2. The van der Waals surface area contributed by atoms with E-state index in [-0.39, 0.29) is 17.6 Å². The van der Waals surface area contributed by atoms with Gasteiger partial charge in [0.15, 0.2) is 0 Å². The number of carbonyl (C=O) groups excluding carboxylic acids is 1. The van der Waals surface area contributed by atoms with Crippen LogP contribution in [0.3, 0.4) is 0 Å². The Hall–Kier alpha value is -3.43. The van der Waals surface area contributed by atoms with Crippen LogP contribution in [0.4, 0.5) is 10.9 Å². The molecule has 4 N–H and O–H groups in total. The lowest BCUT2D eigenvalue weighted by molar-refractivity contribution is -0.113. The molecule has 3 aromatic rings. The second kappa shape index (κ2) is 9.80. The summed E-state index contributed by atoms with van der Waals surface area (Å²) >= 11 is 2.65. The number of aryl methyl sites for hydroxylation is 1. The summed E-state index contributed by atoms with van der Waals surface area (Å²) in [5, 5.41) is 25.6. The van der Waals surface area contributed by atoms with Crippen LogP contribution in [0.15, 0.2) is 34.8 Å². The molecule has 10 nitrogen and oxygen atoms in total. The fourth-order valence-electron chi connectivity index (χ4n) is 3.31. The third-order valence-corrected chi connectivity index (χ3v) is 7.10. The molecule has 0 bridgehead atoms. The first-order chi connectivity index (χ1) is 15.6. The molecule has 3 aromatic heterocycles. The summed E-state index contributed by atoms with van der Waals surface area (Å²) in [6, 6.07) is 5.93. The number of carbonyl (C=O) groups is 1. The SMILES string of the molecule is C/C(=N\Nc1nnc(SCC(=O)Nc2sc3c(c2C#N)CCCC3)n1N)c1ccncc1. The van der Waals surface area contributed by atoms with Crippen molar-refractivity contribution in [2.24, 2.45) is 5.10 Å². The molecule has 0 saturated heterocycles. The van der Waals surface area contributed by atoms with E-state index in [4.69, 9.17) is 5.84 Å². The predicted molar refractivity (Wildman–Crippen MR) is 125 cm³/mol. The van der Waals surface area contributed by atoms with Gasteiger partial charge < -0.3 is 11.2 Å². The highest BCUT2D eigenvalue weighted by atomic mass is 32.2. The number of pyridine rings is 1. The molecule has 4 rings (SSSR count). The van der Waals surface area contributed by atoms with Crippen LogP contribution in [0, 0.1) is 11.3 Å². The van der Waals surface area contributed by atoms with Gasteiger partial charge in [-0.2, -0.15) is 10.4 Å². The van der Waals surface area contributed by atoms with Gasteiger partial charge in [0, 0.05) is 22.8 Å². The maximum atomic E-state index is 12.5. The van der Waals surface area contributed by atoms with Gasteiger partial charge in [-0.25, -0.2) is 10.1 Å². The fourth-order valence-corrected chi connectivity index (χ4v) is 5.22. The maximum absolute atomic E-state index is 12.5. The molecule has 3 heterocycles. The van der Waals surface area contributed by atoms with Gasteiger partial charge in [0.05, 0.1) is 17.0 Å². The molecule has 1 amide bonds. The summed E-state index contributed by atoms with van der Waals surface area (Å²) in [7, 11) is 0. The Kier molecular flexibility index (Phi) is 6.67. The summed E-state index contributed by atoms with van der Waals surface area (Å²) in [5.74, 6) is 6.14. The van der Waals surface area contributed by atoms with Crippen molar-refractivity contribution in [1.29, 1.82) is 5.26 Å². The lowest BCUT2D eigenvalue weighted by Crippen LogP contribution is -2.17. The van der Waals surface area contributed by atoms with Crippen molar-refractivity contribution in [2.45, 2.75) is 37.8 Å². The lowest BCUT2D eigenvalue weighted by Gasteiger charge is -2.09. The third kappa shape index (κ3) is 4.74. The zero-order valence-electron chi connectivity index (χ0n) is 17.3. The Balaban J connectivity index is 1.36. The first-order valence-corrected chi connectivity index (χ1v) is 11.8. The van der Waals surface area contributed by atoms with E-state index in [1.165, 1.54) is 20.9 Å². The van der Waals surface area contributed by atoms with Crippen LogP contribution in [0.2, 0.25) is 0 Å². The monoisotopic (exact) mass is 467 g/mol. The second-order valence-electron chi connectivity index (χ2n) is 7.08. The number of hydrogen-bond donors (Lipinski definition) is 3. The number of fused-ring (bicyclic) bond motifs is 1. The van der Waals surface area contributed by atoms with E-state index in [0.29, 0.717) is 15.7 Å². The first-order valence-electron chi connectivity index (χ1n) is 9.95. The van der Waals surface area contributed by atoms with Crippen LogP contribution in [-0.2, 0) is 17.6 Å². The standard InChI is InChI=1S/C20H21N9OS2/c1-12(13-6-8-23-9-7-13)25-26-19-27-28-20(29(19)22)31-11-17(30)24-18-15(10-21)14-4-2-3-5-16(14)32-18/h6-9H,2-5,11,22H2,1H3,(H,24,30)(H,26,27)/b25-12+. The van der Waals surface area contributed by atoms with Crippen LogP contribution in [-0.4, -0.2) is 37.2 Å². The molecule has 12 heteroatoms. The van der Waals surface area contributed by atoms with Gasteiger partial charge in [-0.15, -0.1) is 21.5 Å². The highest BCUT2D eigenvalue weighted by Crippen LogP contribution is 2.37. The summed E-state index contributed by atoms with van der Waals surface area (Å²) in [5.41, 5.74) is 6.11. The van der Waals surface area contributed by atoms with Crippen molar-refractivity contribution >= 4 is 45.7 Å². The van der Waals surface area contributed by atoms with Gasteiger partial charge in [-0.3, -0.25) is 9.78 Å². The van der Waals surface area contributed by atoms with Gasteiger partial charge in [0.1, 0.15) is 11.1 Å². The number of nitrogen functional groups attached to an aromatic ring is 1. The van der Waals surface area contributed by atoms with E-state index in [2.05, 4.69) is 37.1 Å². The van der Waals surface area contributed by atoms with E-state index in [1.807, 2.05) is 19.1 Å². The fraction of sp³-hybridized carbons (Fsp3) is 0.300. The van der Waals surface area contributed by atoms with Gasteiger partial charge in [-0.05, 0) is 50.3 Å². The van der Waals surface area contributed by atoms with Crippen molar-refractivity contribution < 1.29 is 4.79 Å². The number of thioether (sulfide) groups is 1. The zero-order chi connectivity index (χ0) is 22.5. The average Bonchev–Trinajstić information content (AvgIpc) is 3.35. The predicted octanol–water partition coefficient (Wildman–Crippen LogP) is 2.77. The lowest BCUT2D eigenvalue weighted by atomic mass is 9.96. The molecule has 0 unspecified atom stereocenters. The van der Waals surface area contributed by atoms with Crippen LogP contribution in [0.5, 0.6) is 0 Å². The molecule has 164 valence electrons. The number of aromatic nitrogens is 4.